The molecule has 0 aliphatic carbocycles. The van der Waals surface area contributed by atoms with E-state index in [9.17, 15) is 8.42 Å². The summed E-state index contributed by atoms with van der Waals surface area (Å²) in [6.45, 7) is 3.03. The number of H-pyrrole nitrogens is 1. The molecule has 1 aromatic rings. The van der Waals surface area contributed by atoms with Crippen LogP contribution in [-0.4, -0.2) is 61.4 Å². The first kappa shape index (κ1) is 14.4. The maximum atomic E-state index is 11.8. The summed E-state index contributed by atoms with van der Waals surface area (Å²) in [5.74, 6) is 0.319. The molecule has 0 radical (unpaired) electrons. The van der Waals surface area contributed by atoms with Gasteiger partial charge in [0.2, 0.25) is 10.0 Å². The zero-order chi connectivity index (χ0) is 13.7. The number of aliphatic hydroxyl groups is 1. The Hall–Kier alpha value is -0.960. The molecule has 108 valence electrons. The molecule has 1 aliphatic rings. The second-order valence-corrected chi connectivity index (χ2v) is 6.59. The van der Waals surface area contributed by atoms with E-state index in [1.165, 1.54) is 12.4 Å². The lowest BCUT2D eigenvalue weighted by Gasteiger charge is -2.31. The van der Waals surface area contributed by atoms with Crippen LogP contribution in [-0.2, 0) is 10.0 Å². The van der Waals surface area contributed by atoms with Gasteiger partial charge in [0, 0.05) is 32.4 Å². The van der Waals surface area contributed by atoms with Crippen molar-refractivity contribution < 1.29 is 13.5 Å². The van der Waals surface area contributed by atoms with Gasteiger partial charge in [-0.05, 0) is 25.3 Å². The minimum Gasteiger partial charge on any atom is -0.396 e. The van der Waals surface area contributed by atoms with E-state index in [1.54, 1.807) is 0 Å². The van der Waals surface area contributed by atoms with E-state index in [4.69, 9.17) is 5.11 Å². The lowest BCUT2D eigenvalue weighted by atomic mass is 9.99. The highest BCUT2D eigenvalue weighted by Gasteiger charge is 2.20. The zero-order valence-corrected chi connectivity index (χ0v) is 11.6. The molecule has 2 rings (SSSR count). The van der Waals surface area contributed by atoms with Crippen LogP contribution in [0.4, 0.5) is 0 Å². The number of nitrogens with zero attached hydrogens (tertiary/aromatic N) is 2. The van der Waals surface area contributed by atoms with Crippen LogP contribution in [0.5, 0.6) is 0 Å². The van der Waals surface area contributed by atoms with Crippen LogP contribution >= 0.6 is 0 Å². The molecule has 0 saturated carbocycles. The normalized spacial score (nSPS) is 21.6. The number of hydrogen-bond acceptors (Lipinski definition) is 5. The first-order valence-electron chi connectivity index (χ1n) is 6.43. The van der Waals surface area contributed by atoms with Gasteiger partial charge in [-0.25, -0.2) is 13.1 Å². The van der Waals surface area contributed by atoms with Gasteiger partial charge in [0.05, 0.1) is 6.20 Å². The molecule has 0 aromatic carbocycles. The third-order valence-electron chi connectivity index (χ3n) is 3.36. The van der Waals surface area contributed by atoms with Crippen molar-refractivity contribution in [3.8, 4) is 0 Å². The molecule has 7 nitrogen and oxygen atoms in total. The predicted octanol–water partition coefficient (Wildman–Crippen LogP) is -0.608. The first-order valence-corrected chi connectivity index (χ1v) is 7.92. The van der Waals surface area contributed by atoms with Crippen molar-refractivity contribution in [2.75, 3.05) is 32.8 Å². The Balaban J connectivity index is 1.77. The molecule has 1 aromatic heterocycles. The van der Waals surface area contributed by atoms with E-state index < -0.39 is 10.0 Å². The highest BCUT2D eigenvalue weighted by atomic mass is 32.2. The van der Waals surface area contributed by atoms with Crippen molar-refractivity contribution in [2.45, 2.75) is 17.7 Å². The summed E-state index contributed by atoms with van der Waals surface area (Å²) in [5, 5.41) is 15.2. The molecule has 1 saturated heterocycles. The summed E-state index contributed by atoms with van der Waals surface area (Å²) >= 11 is 0. The second kappa shape index (κ2) is 6.47. The Labute approximate surface area is 113 Å². The number of aliphatic hydroxyl groups excluding tert-OH is 1. The number of sulfonamides is 1. The van der Waals surface area contributed by atoms with Crippen LogP contribution in [0.25, 0.3) is 0 Å². The van der Waals surface area contributed by atoms with Crippen molar-refractivity contribution in [3.05, 3.63) is 12.4 Å². The third kappa shape index (κ3) is 4.00. The van der Waals surface area contributed by atoms with Crippen LogP contribution in [0.2, 0.25) is 0 Å². The molecule has 8 heteroatoms. The van der Waals surface area contributed by atoms with Crippen LogP contribution in [0.1, 0.15) is 12.8 Å². The minimum absolute atomic E-state index is 0.152. The van der Waals surface area contributed by atoms with Gasteiger partial charge in [0.15, 0.2) is 0 Å². The molecular formula is C11H20N4O3S. The zero-order valence-electron chi connectivity index (χ0n) is 10.7. The highest BCUT2D eigenvalue weighted by Crippen LogP contribution is 2.15. The van der Waals surface area contributed by atoms with Gasteiger partial charge in [-0.2, -0.15) is 5.10 Å². The summed E-state index contributed by atoms with van der Waals surface area (Å²) < 4.78 is 26.2. The molecule has 0 spiro atoms. The van der Waals surface area contributed by atoms with E-state index >= 15 is 0 Å². The standard InChI is InChI=1S/C11H20N4O3S/c16-9-10-2-1-4-15(8-10)5-3-14-19(17,18)11-6-12-13-7-11/h6-7,10,14,16H,1-5,8-9H2,(H,12,13)/t10-/m0/s1. The summed E-state index contributed by atoms with van der Waals surface area (Å²) in [7, 11) is -3.46. The van der Waals surface area contributed by atoms with Crippen molar-refractivity contribution >= 4 is 10.0 Å². The number of aromatic amines is 1. The van der Waals surface area contributed by atoms with Gasteiger partial charge in [0.25, 0.3) is 0 Å². The van der Waals surface area contributed by atoms with E-state index in [0.29, 0.717) is 19.0 Å². The predicted molar refractivity (Wildman–Crippen MR) is 70.0 cm³/mol. The van der Waals surface area contributed by atoms with Crippen molar-refractivity contribution in [1.82, 2.24) is 19.8 Å². The van der Waals surface area contributed by atoms with Gasteiger partial charge in [0.1, 0.15) is 4.90 Å². The van der Waals surface area contributed by atoms with Crippen molar-refractivity contribution in [2.24, 2.45) is 5.92 Å². The fourth-order valence-electron chi connectivity index (χ4n) is 2.31. The smallest absolute Gasteiger partial charge is 0.243 e. The average Bonchev–Trinajstić information content (AvgIpc) is 2.93. The molecule has 19 heavy (non-hydrogen) atoms. The highest BCUT2D eigenvalue weighted by molar-refractivity contribution is 7.89. The quantitative estimate of drug-likeness (QED) is 0.649. The van der Waals surface area contributed by atoms with Crippen molar-refractivity contribution in [1.29, 1.82) is 0 Å². The Morgan fingerprint density at radius 1 is 1.58 bits per heavy atom. The van der Waals surface area contributed by atoms with Crippen LogP contribution in [0.15, 0.2) is 17.3 Å². The average molecular weight is 288 g/mol. The molecule has 1 atom stereocenters. The van der Waals surface area contributed by atoms with Gasteiger partial charge >= 0.3 is 0 Å². The molecule has 1 fully saturated rings. The Morgan fingerprint density at radius 3 is 3.11 bits per heavy atom. The summed E-state index contributed by atoms with van der Waals surface area (Å²) in [5.41, 5.74) is 0. The maximum Gasteiger partial charge on any atom is 0.243 e. The number of rotatable bonds is 6. The number of aromatic nitrogens is 2. The molecular weight excluding hydrogens is 268 g/mol. The van der Waals surface area contributed by atoms with Crippen LogP contribution in [0.3, 0.4) is 0 Å². The number of nitrogens with one attached hydrogen (secondary N) is 2. The third-order valence-corrected chi connectivity index (χ3v) is 4.79. The monoisotopic (exact) mass is 288 g/mol. The van der Waals surface area contributed by atoms with E-state index in [-0.39, 0.29) is 11.5 Å². The Morgan fingerprint density at radius 2 is 2.42 bits per heavy atom. The lowest BCUT2D eigenvalue weighted by molar-refractivity contribution is 0.122. The van der Waals surface area contributed by atoms with Gasteiger partial charge in [-0.3, -0.25) is 5.10 Å². The topological polar surface area (TPSA) is 98.3 Å². The molecule has 0 bridgehead atoms. The molecule has 0 amide bonds. The molecule has 0 unspecified atom stereocenters. The number of hydrogen-bond donors (Lipinski definition) is 3. The summed E-state index contributed by atoms with van der Waals surface area (Å²) in [4.78, 5) is 2.34. The summed E-state index contributed by atoms with van der Waals surface area (Å²) in [6.07, 6.45) is 4.74. The largest absolute Gasteiger partial charge is 0.396 e. The first-order chi connectivity index (χ1) is 9.12. The lowest BCUT2D eigenvalue weighted by Crippen LogP contribution is -2.41. The van der Waals surface area contributed by atoms with E-state index in [1.807, 2.05) is 0 Å². The van der Waals surface area contributed by atoms with Crippen LogP contribution in [0, 0.1) is 5.92 Å². The van der Waals surface area contributed by atoms with Gasteiger partial charge < -0.3 is 10.0 Å². The van der Waals surface area contributed by atoms with Gasteiger partial charge in [-0.1, -0.05) is 0 Å². The molecule has 2 heterocycles. The fraction of sp³-hybridized carbons (Fsp3) is 0.727. The Kier molecular flexibility index (Phi) is 4.92. The fourth-order valence-corrected chi connectivity index (χ4v) is 3.24. The van der Waals surface area contributed by atoms with Crippen LogP contribution < -0.4 is 4.72 Å². The van der Waals surface area contributed by atoms with Gasteiger partial charge in [-0.15, -0.1) is 0 Å². The van der Waals surface area contributed by atoms with E-state index in [0.717, 1.165) is 25.9 Å². The Bertz CT molecular complexity index is 474. The maximum absolute atomic E-state index is 11.8. The van der Waals surface area contributed by atoms with Crippen molar-refractivity contribution in [3.63, 3.8) is 0 Å². The molecule has 3 N–H and O–H groups in total. The number of likely N-dealkylation sites (tertiary alicyclic amines) is 1. The SMILES string of the molecule is O=S(=O)(NCCN1CCC[C@H](CO)C1)c1cn[nH]c1. The van der Waals surface area contributed by atoms with E-state index in [2.05, 4.69) is 19.8 Å². The molecule has 1 aliphatic heterocycles. The minimum atomic E-state index is -3.46. The second-order valence-electron chi connectivity index (χ2n) is 4.82. The summed E-state index contributed by atoms with van der Waals surface area (Å²) in [6, 6.07) is 0. The number of piperidine rings is 1.